The predicted molar refractivity (Wildman–Crippen MR) is 86.4 cm³/mol. The molecule has 0 amide bonds. The van der Waals surface area contributed by atoms with Gasteiger partial charge in [0, 0.05) is 6.54 Å². The SMILES string of the molecule is CN(Cc1ccccc1)Cc1nnc(-c2ccccc2Cl)o1. The molecule has 3 rings (SSSR count). The van der Waals surface area contributed by atoms with Crippen molar-refractivity contribution in [1.82, 2.24) is 15.1 Å². The fraction of sp³-hybridized carbons (Fsp3) is 0.176. The molecule has 3 aromatic rings. The lowest BCUT2D eigenvalue weighted by Crippen LogP contribution is -2.17. The van der Waals surface area contributed by atoms with E-state index in [1.165, 1.54) is 5.56 Å². The van der Waals surface area contributed by atoms with Crippen molar-refractivity contribution in [3.05, 3.63) is 71.1 Å². The average molecular weight is 314 g/mol. The molecule has 0 saturated heterocycles. The summed E-state index contributed by atoms with van der Waals surface area (Å²) in [5, 5.41) is 8.78. The quantitative estimate of drug-likeness (QED) is 0.713. The number of rotatable bonds is 5. The molecule has 0 spiro atoms. The summed E-state index contributed by atoms with van der Waals surface area (Å²) in [4.78, 5) is 2.12. The van der Waals surface area contributed by atoms with Crippen molar-refractivity contribution in [2.45, 2.75) is 13.1 Å². The zero-order valence-corrected chi connectivity index (χ0v) is 13.0. The third-order valence-corrected chi connectivity index (χ3v) is 3.60. The first kappa shape index (κ1) is 14.8. The van der Waals surface area contributed by atoms with Gasteiger partial charge in [-0.1, -0.05) is 54.1 Å². The number of halogens is 1. The highest BCUT2D eigenvalue weighted by atomic mass is 35.5. The summed E-state index contributed by atoms with van der Waals surface area (Å²) in [6, 6.07) is 17.7. The highest BCUT2D eigenvalue weighted by Gasteiger charge is 2.12. The van der Waals surface area contributed by atoms with Gasteiger partial charge in [-0.3, -0.25) is 4.90 Å². The summed E-state index contributed by atoms with van der Waals surface area (Å²) >= 11 is 6.14. The molecular formula is C17H16ClN3O. The van der Waals surface area contributed by atoms with Gasteiger partial charge in [0.25, 0.3) is 0 Å². The second kappa shape index (κ2) is 6.73. The average Bonchev–Trinajstić information content (AvgIpc) is 2.97. The zero-order chi connectivity index (χ0) is 15.4. The van der Waals surface area contributed by atoms with Crippen LogP contribution in [0.25, 0.3) is 11.5 Å². The van der Waals surface area contributed by atoms with Gasteiger partial charge in [-0.05, 0) is 24.7 Å². The molecule has 0 aliphatic heterocycles. The van der Waals surface area contributed by atoms with E-state index in [0.717, 1.165) is 12.1 Å². The first-order valence-electron chi connectivity index (χ1n) is 7.02. The number of nitrogens with zero attached hydrogens (tertiary/aromatic N) is 3. The van der Waals surface area contributed by atoms with Crippen molar-refractivity contribution in [2.24, 2.45) is 0 Å². The van der Waals surface area contributed by atoms with Gasteiger partial charge in [-0.25, -0.2) is 0 Å². The summed E-state index contributed by atoms with van der Waals surface area (Å²) in [5.74, 6) is 1.03. The topological polar surface area (TPSA) is 42.2 Å². The van der Waals surface area contributed by atoms with Crippen LogP contribution in [0.2, 0.25) is 5.02 Å². The second-order valence-corrected chi connectivity index (χ2v) is 5.55. The van der Waals surface area contributed by atoms with Crippen molar-refractivity contribution in [3.63, 3.8) is 0 Å². The minimum absolute atomic E-state index is 0.453. The summed E-state index contributed by atoms with van der Waals surface area (Å²) in [6.45, 7) is 1.41. The molecular weight excluding hydrogens is 298 g/mol. The molecule has 5 heteroatoms. The van der Waals surface area contributed by atoms with Gasteiger partial charge in [0.15, 0.2) is 0 Å². The molecule has 0 N–H and O–H groups in total. The van der Waals surface area contributed by atoms with Gasteiger partial charge in [0.1, 0.15) is 0 Å². The molecule has 4 nitrogen and oxygen atoms in total. The van der Waals surface area contributed by atoms with E-state index in [4.69, 9.17) is 16.0 Å². The molecule has 0 bridgehead atoms. The second-order valence-electron chi connectivity index (χ2n) is 5.14. The Bertz CT molecular complexity index is 742. The fourth-order valence-electron chi connectivity index (χ4n) is 2.24. The monoisotopic (exact) mass is 313 g/mol. The normalized spacial score (nSPS) is 11.0. The van der Waals surface area contributed by atoms with Crippen LogP contribution in [0.15, 0.2) is 59.0 Å². The molecule has 0 saturated carbocycles. The van der Waals surface area contributed by atoms with E-state index < -0.39 is 0 Å². The molecule has 0 unspecified atom stereocenters. The summed E-state index contributed by atoms with van der Waals surface area (Å²) in [7, 11) is 2.02. The fourth-order valence-corrected chi connectivity index (χ4v) is 2.46. The summed E-state index contributed by atoms with van der Waals surface area (Å²) in [6.07, 6.45) is 0. The number of benzene rings is 2. The first-order chi connectivity index (χ1) is 10.7. The van der Waals surface area contributed by atoms with Gasteiger partial charge in [-0.15, -0.1) is 10.2 Å². The Morgan fingerprint density at radius 2 is 1.68 bits per heavy atom. The molecule has 0 aliphatic carbocycles. The molecule has 0 atom stereocenters. The molecule has 0 radical (unpaired) electrons. The van der Waals surface area contributed by atoms with Gasteiger partial charge in [0.05, 0.1) is 17.1 Å². The Labute approximate surface area is 134 Å². The van der Waals surface area contributed by atoms with E-state index in [0.29, 0.717) is 23.3 Å². The van der Waals surface area contributed by atoms with E-state index in [1.807, 2.05) is 49.5 Å². The van der Waals surface area contributed by atoms with E-state index in [1.54, 1.807) is 0 Å². The number of hydrogen-bond donors (Lipinski definition) is 0. The minimum atomic E-state index is 0.453. The summed E-state index contributed by atoms with van der Waals surface area (Å²) in [5.41, 5.74) is 2.00. The van der Waals surface area contributed by atoms with E-state index >= 15 is 0 Å². The van der Waals surface area contributed by atoms with Gasteiger partial charge in [-0.2, -0.15) is 0 Å². The van der Waals surface area contributed by atoms with Gasteiger partial charge < -0.3 is 4.42 Å². The van der Waals surface area contributed by atoms with Crippen LogP contribution in [0, 0.1) is 0 Å². The van der Waals surface area contributed by atoms with Crippen molar-refractivity contribution in [2.75, 3.05) is 7.05 Å². The maximum Gasteiger partial charge on any atom is 0.249 e. The smallest absolute Gasteiger partial charge is 0.249 e. The third kappa shape index (κ3) is 3.53. The van der Waals surface area contributed by atoms with Crippen LogP contribution >= 0.6 is 11.6 Å². The Hall–Kier alpha value is -2.17. The maximum absolute atomic E-state index is 6.14. The Morgan fingerprint density at radius 1 is 0.955 bits per heavy atom. The van der Waals surface area contributed by atoms with E-state index in [-0.39, 0.29) is 0 Å². The number of aromatic nitrogens is 2. The number of hydrogen-bond acceptors (Lipinski definition) is 4. The van der Waals surface area contributed by atoms with Crippen LogP contribution in [0.5, 0.6) is 0 Å². The van der Waals surface area contributed by atoms with Crippen molar-refractivity contribution in [3.8, 4) is 11.5 Å². The van der Waals surface area contributed by atoms with Crippen molar-refractivity contribution < 1.29 is 4.42 Å². The van der Waals surface area contributed by atoms with E-state index in [9.17, 15) is 0 Å². The van der Waals surface area contributed by atoms with Crippen molar-refractivity contribution >= 4 is 11.6 Å². The van der Waals surface area contributed by atoms with Crippen LogP contribution in [-0.4, -0.2) is 22.1 Å². The van der Waals surface area contributed by atoms with Gasteiger partial charge in [0.2, 0.25) is 11.8 Å². The van der Waals surface area contributed by atoms with Crippen LogP contribution < -0.4 is 0 Å². The van der Waals surface area contributed by atoms with Crippen LogP contribution in [0.3, 0.4) is 0 Å². The van der Waals surface area contributed by atoms with Crippen LogP contribution in [0.1, 0.15) is 11.5 Å². The lowest BCUT2D eigenvalue weighted by molar-refractivity contribution is 0.283. The lowest BCUT2D eigenvalue weighted by Gasteiger charge is -2.13. The standard InChI is InChI=1S/C17H16ClN3O/c1-21(11-13-7-3-2-4-8-13)12-16-19-20-17(22-16)14-9-5-6-10-15(14)18/h2-10H,11-12H2,1H3. The maximum atomic E-state index is 6.14. The highest BCUT2D eigenvalue weighted by molar-refractivity contribution is 6.33. The summed E-state index contributed by atoms with van der Waals surface area (Å²) < 4.78 is 5.71. The molecule has 1 aromatic heterocycles. The van der Waals surface area contributed by atoms with Gasteiger partial charge >= 0.3 is 0 Å². The lowest BCUT2D eigenvalue weighted by atomic mass is 10.2. The zero-order valence-electron chi connectivity index (χ0n) is 12.2. The molecule has 2 aromatic carbocycles. The highest BCUT2D eigenvalue weighted by Crippen LogP contribution is 2.26. The Kier molecular flexibility index (Phi) is 4.51. The van der Waals surface area contributed by atoms with Crippen LogP contribution in [-0.2, 0) is 13.1 Å². The Balaban J connectivity index is 1.68. The molecule has 1 heterocycles. The molecule has 0 fully saturated rings. The minimum Gasteiger partial charge on any atom is -0.419 e. The van der Waals surface area contributed by atoms with E-state index in [2.05, 4.69) is 27.2 Å². The first-order valence-corrected chi connectivity index (χ1v) is 7.40. The molecule has 0 aliphatic rings. The molecule has 112 valence electrons. The van der Waals surface area contributed by atoms with Crippen LogP contribution in [0.4, 0.5) is 0 Å². The largest absolute Gasteiger partial charge is 0.419 e. The third-order valence-electron chi connectivity index (χ3n) is 3.27. The predicted octanol–water partition coefficient (Wildman–Crippen LogP) is 4.02. The molecule has 22 heavy (non-hydrogen) atoms. The Morgan fingerprint density at radius 3 is 2.45 bits per heavy atom. The van der Waals surface area contributed by atoms with Crippen molar-refractivity contribution in [1.29, 1.82) is 0 Å².